The molecule has 120 valence electrons. The highest BCUT2D eigenvalue weighted by Gasteiger charge is 2.24. The van der Waals surface area contributed by atoms with E-state index >= 15 is 0 Å². The van der Waals surface area contributed by atoms with Crippen molar-refractivity contribution < 1.29 is 0 Å². The largest absolute Gasteiger partial charge is 0.310 e. The van der Waals surface area contributed by atoms with Crippen molar-refractivity contribution in [2.45, 2.75) is 59.5 Å². The Balaban J connectivity index is 1.87. The minimum absolute atomic E-state index is 0.573. The van der Waals surface area contributed by atoms with Crippen LogP contribution >= 0.6 is 0 Å². The highest BCUT2D eigenvalue weighted by atomic mass is 15.3. The third kappa shape index (κ3) is 4.07. The standard InChI is InChI=1S/C17H32N4/c1-6-9-21-10-7-8-16(12-21)13(2)18-11-17-14(3)19-20(5)15(17)4/h13,16,18H,6-12H2,1-5H3. The molecule has 1 fully saturated rings. The molecule has 4 nitrogen and oxygen atoms in total. The smallest absolute Gasteiger partial charge is 0.0641 e. The van der Waals surface area contributed by atoms with Gasteiger partial charge in [-0.25, -0.2) is 0 Å². The van der Waals surface area contributed by atoms with Gasteiger partial charge >= 0.3 is 0 Å². The zero-order valence-electron chi connectivity index (χ0n) is 14.4. The molecule has 0 aromatic carbocycles. The summed E-state index contributed by atoms with van der Waals surface area (Å²) in [6.45, 7) is 13.6. The molecule has 1 aliphatic rings. The second-order valence-electron chi connectivity index (χ2n) is 6.65. The molecule has 0 saturated carbocycles. The maximum absolute atomic E-state index is 4.51. The molecule has 0 radical (unpaired) electrons. The minimum atomic E-state index is 0.573. The molecule has 1 N–H and O–H groups in total. The molecule has 1 saturated heterocycles. The van der Waals surface area contributed by atoms with Crippen molar-refractivity contribution in [1.82, 2.24) is 20.0 Å². The van der Waals surface area contributed by atoms with Gasteiger partial charge in [0.25, 0.3) is 0 Å². The summed E-state index contributed by atoms with van der Waals surface area (Å²) in [6, 6.07) is 0.573. The number of aromatic nitrogens is 2. The van der Waals surface area contributed by atoms with Crippen molar-refractivity contribution in [3.8, 4) is 0 Å². The first-order valence-electron chi connectivity index (χ1n) is 8.47. The Morgan fingerprint density at radius 3 is 2.76 bits per heavy atom. The summed E-state index contributed by atoms with van der Waals surface area (Å²) >= 11 is 0. The predicted molar refractivity (Wildman–Crippen MR) is 88.4 cm³/mol. The van der Waals surface area contributed by atoms with E-state index in [1.165, 1.54) is 50.2 Å². The van der Waals surface area contributed by atoms with Gasteiger partial charge in [0.1, 0.15) is 0 Å². The topological polar surface area (TPSA) is 33.1 Å². The third-order valence-corrected chi connectivity index (χ3v) is 5.05. The molecule has 1 aliphatic heterocycles. The average molecular weight is 292 g/mol. The maximum Gasteiger partial charge on any atom is 0.0641 e. The molecule has 21 heavy (non-hydrogen) atoms. The number of rotatable bonds is 6. The minimum Gasteiger partial charge on any atom is -0.310 e. The Labute approximate surface area is 129 Å². The monoisotopic (exact) mass is 292 g/mol. The van der Waals surface area contributed by atoms with Crippen LogP contribution in [0.1, 0.15) is 50.1 Å². The van der Waals surface area contributed by atoms with Gasteiger partial charge < -0.3 is 10.2 Å². The van der Waals surface area contributed by atoms with Gasteiger partial charge in [0.15, 0.2) is 0 Å². The van der Waals surface area contributed by atoms with Crippen molar-refractivity contribution in [2.24, 2.45) is 13.0 Å². The lowest BCUT2D eigenvalue weighted by Gasteiger charge is -2.36. The van der Waals surface area contributed by atoms with E-state index < -0.39 is 0 Å². The molecule has 1 aromatic rings. The highest BCUT2D eigenvalue weighted by molar-refractivity contribution is 5.24. The van der Waals surface area contributed by atoms with E-state index in [1.54, 1.807) is 0 Å². The van der Waals surface area contributed by atoms with Crippen LogP contribution in [-0.4, -0.2) is 40.4 Å². The second-order valence-corrected chi connectivity index (χ2v) is 6.65. The third-order valence-electron chi connectivity index (χ3n) is 5.05. The fourth-order valence-electron chi connectivity index (χ4n) is 3.52. The molecule has 2 heterocycles. The fourth-order valence-corrected chi connectivity index (χ4v) is 3.52. The van der Waals surface area contributed by atoms with Crippen molar-refractivity contribution in [1.29, 1.82) is 0 Å². The maximum atomic E-state index is 4.51. The van der Waals surface area contributed by atoms with Gasteiger partial charge in [0.2, 0.25) is 0 Å². The molecule has 0 amide bonds. The van der Waals surface area contributed by atoms with E-state index in [2.05, 4.69) is 43.0 Å². The number of aryl methyl sites for hydroxylation is 2. The van der Waals surface area contributed by atoms with Crippen molar-refractivity contribution in [3.63, 3.8) is 0 Å². The first-order chi connectivity index (χ1) is 10.0. The molecule has 0 aliphatic carbocycles. The Kier molecular flexibility index (Phi) is 5.82. The normalized spacial score (nSPS) is 21.7. The zero-order valence-corrected chi connectivity index (χ0v) is 14.4. The Hall–Kier alpha value is -0.870. The summed E-state index contributed by atoms with van der Waals surface area (Å²) in [4.78, 5) is 2.63. The second kappa shape index (κ2) is 7.41. The summed E-state index contributed by atoms with van der Waals surface area (Å²) < 4.78 is 1.99. The van der Waals surface area contributed by atoms with Crippen molar-refractivity contribution >= 4 is 0 Å². The summed E-state index contributed by atoms with van der Waals surface area (Å²) in [5.74, 6) is 0.780. The number of nitrogens with zero attached hydrogens (tertiary/aromatic N) is 3. The summed E-state index contributed by atoms with van der Waals surface area (Å²) in [5.41, 5.74) is 3.81. The first kappa shape index (κ1) is 16.5. The van der Waals surface area contributed by atoms with Gasteiger partial charge in [-0.2, -0.15) is 5.10 Å². The van der Waals surface area contributed by atoms with E-state index in [9.17, 15) is 0 Å². The summed E-state index contributed by atoms with van der Waals surface area (Å²) in [6.07, 6.45) is 3.98. The molecule has 2 atom stereocenters. The Bertz CT molecular complexity index is 450. The highest BCUT2D eigenvalue weighted by Crippen LogP contribution is 2.21. The Morgan fingerprint density at radius 1 is 1.38 bits per heavy atom. The lowest BCUT2D eigenvalue weighted by atomic mass is 9.91. The predicted octanol–water partition coefficient (Wildman–Crippen LogP) is 2.64. The van der Waals surface area contributed by atoms with Gasteiger partial charge in [-0.3, -0.25) is 4.68 Å². The van der Waals surface area contributed by atoms with Crippen LogP contribution in [0.3, 0.4) is 0 Å². The van der Waals surface area contributed by atoms with E-state index in [0.29, 0.717) is 6.04 Å². The molecule has 2 unspecified atom stereocenters. The summed E-state index contributed by atoms with van der Waals surface area (Å²) in [7, 11) is 2.03. The van der Waals surface area contributed by atoms with E-state index in [4.69, 9.17) is 0 Å². The number of nitrogens with one attached hydrogen (secondary N) is 1. The van der Waals surface area contributed by atoms with Gasteiger partial charge in [-0.15, -0.1) is 0 Å². The number of likely N-dealkylation sites (tertiary alicyclic amines) is 1. The number of hydrogen-bond donors (Lipinski definition) is 1. The molecule has 2 rings (SSSR count). The SMILES string of the molecule is CCCN1CCCC(C(C)NCc2c(C)nn(C)c2C)C1. The first-order valence-corrected chi connectivity index (χ1v) is 8.47. The number of hydrogen-bond acceptors (Lipinski definition) is 3. The van der Waals surface area contributed by atoms with E-state index in [0.717, 1.165) is 18.2 Å². The van der Waals surface area contributed by atoms with Crippen LogP contribution in [0.5, 0.6) is 0 Å². The molecule has 4 heteroatoms. The lowest BCUT2D eigenvalue weighted by Crippen LogP contribution is -2.44. The van der Waals surface area contributed by atoms with Crippen LogP contribution in [0.4, 0.5) is 0 Å². The molecular formula is C17H32N4. The van der Waals surface area contributed by atoms with Gasteiger partial charge in [0, 0.05) is 37.4 Å². The van der Waals surface area contributed by atoms with Crippen LogP contribution in [-0.2, 0) is 13.6 Å². The Morgan fingerprint density at radius 2 is 2.14 bits per heavy atom. The van der Waals surface area contributed by atoms with Crippen molar-refractivity contribution in [3.05, 3.63) is 17.0 Å². The molecule has 0 bridgehead atoms. The van der Waals surface area contributed by atoms with Gasteiger partial charge in [-0.05, 0) is 59.0 Å². The van der Waals surface area contributed by atoms with Crippen LogP contribution in [0.25, 0.3) is 0 Å². The summed E-state index contributed by atoms with van der Waals surface area (Å²) in [5, 5.41) is 8.25. The fraction of sp³-hybridized carbons (Fsp3) is 0.824. The van der Waals surface area contributed by atoms with Crippen LogP contribution < -0.4 is 5.32 Å². The van der Waals surface area contributed by atoms with Crippen LogP contribution in [0.15, 0.2) is 0 Å². The lowest BCUT2D eigenvalue weighted by molar-refractivity contribution is 0.150. The van der Waals surface area contributed by atoms with E-state index in [-0.39, 0.29) is 0 Å². The quantitative estimate of drug-likeness (QED) is 0.875. The molecule has 0 spiro atoms. The van der Waals surface area contributed by atoms with Gasteiger partial charge in [0.05, 0.1) is 5.69 Å². The van der Waals surface area contributed by atoms with Gasteiger partial charge in [-0.1, -0.05) is 6.92 Å². The van der Waals surface area contributed by atoms with Crippen molar-refractivity contribution in [2.75, 3.05) is 19.6 Å². The van der Waals surface area contributed by atoms with E-state index in [1.807, 2.05) is 11.7 Å². The number of piperidine rings is 1. The molecular weight excluding hydrogens is 260 g/mol. The average Bonchev–Trinajstić information content (AvgIpc) is 2.70. The molecule has 1 aromatic heterocycles. The van der Waals surface area contributed by atoms with Crippen LogP contribution in [0, 0.1) is 19.8 Å². The zero-order chi connectivity index (χ0) is 15.4. The van der Waals surface area contributed by atoms with Crippen LogP contribution in [0.2, 0.25) is 0 Å².